The fourth-order valence-corrected chi connectivity index (χ4v) is 3.11. The van der Waals surface area contributed by atoms with Gasteiger partial charge in [0.25, 0.3) is 0 Å². The van der Waals surface area contributed by atoms with Crippen molar-refractivity contribution in [3.05, 3.63) is 45.9 Å². The molecular weight excluding hydrogens is 343 g/mol. The second kappa shape index (κ2) is 6.54. The lowest BCUT2D eigenvalue weighted by Crippen LogP contribution is -2.10. The van der Waals surface area contributed by atoms with E-state index < -0.39 is 0 Å². The average Bonchev–Trinajstić information content (AvgIpc) is 2.64. The number of hydrogen-bond donors (Lipinski definition) is 0. The topological polar surface area (TPSA) is 34.9 Å². The SMILES string of the molecule is Cc1nn(C)c(CC(=O)CSc2ccccc2F)c1Br. The maximum atomic E-state index is 13.4. The second-order valence-corrected chi connectivity index (χ2v) is 6.21. The van der Waals surface area contributed by atoms with Crippen LogP contribution in [0.2, 0.25) is 0 Å². The Bertz CT molecular complexity index is 642. The first-order valence-electron chi connectivity index (χ1n) is 6.06. The van der Waals surface area contributed by atoms with Crippen LogP contribution in [-0.2, 0) is 18.3 Å². The molecule has 0 aliphatic carbocycles. The first-order valence-corrected chi connectivity index (χ1v) is 7.84. The van der Waals surface area contributed by atoms with Crippen molar-refractivity contribution >= 4 is 33.5 Å². The summed E-state index contributed by atoms with van der Waals surface area (Å²) < 4.78 is 16.0. The summed E-state index contributed by atoms with van der Waals surface area (Å²) in [5, 5.41) is 4.25. The first kappa shape index (κ1) is 15.3. The number of hydrogen-bond acceptors (Lipinski definition) is 3. The van der Waals surface area contributed by atoms with E-state index in [4.69, 9.17) is 0 Å². The zero-order valence-electron chi connectivity index (χ0n) is 11.2. The molecule has 1 aromatic carbocycles. The Morgan fingerprint density at radius 1 is 1.45 bits per heavy atom. The van der Waals surface area contributed by atoms with Crippen LogP contribution in [0.15, 0.2) is 33.6 Å². The normalized spacial score (nSPS) is 10.8. The van der Waals surface area contributed by atoms with Gasteiger partial charge in [-0.25, -0.2) is 4.39 Å². The molecule has 0 N–H and O–H groups in total. The number of rotatable bonds is 5. The van der Waals surface area contributed by atoms with Crippen LogP contribution < -0.4 is 0 Å². The number of benzene rings is 1. The molecule has 0 fully saturated rings. The van der Waals surface area contributed by atoms with Gasteiger partial charge in [0.15, 0.2) is 0 Å². The number of Topliss-reactive ketones (excluding diaryl/α,β-unsaturated/α-hetero) is 1. The van der Waals surface area contributed by atoms with E-state index >= 15 is 0 Å². The van der Waals surface area contributed by atoms with Crippen LogP contribution >= 0.6 is 27.7 Å². The number of carbonyl (C=O) groups is 1. The zero-order valence-corrected chi connectivity index (χ0v) is 13.6. The predicted molar refractivity (Wildman–Crippen MR) is 81.5 cm³/mol. The second-order valence-electron chi connectivity index (χ2n) is 4.40. The predicted octanol–water partition coefficient (Wildman–Crippen LogP) is 3.53. The van der Waals surface area contributed by atoms with Crippen LogP contribution in [-0.4, -0.2) is 21.3 Å². The number of aromatic nitrogens is 2. The Hall–Kier alpha value is -1.14. The molecule has 0 aliphatic rings. The zero-order chi connectivity index (χ0) is 14.7. The quantitative estimate of drug-likeness (QED) is 0.768. The highest BCUT2D eigenvalue weighted by atomic mass is 79.9. The van der Waals surface area contributed by atoms with Gasteiger partial charge >= 0.3 is 0 Å². The van der Waals surface area contributed by atoms with Crippen molar-refractivity contribution in [2.24, 2.45) is 7.05 Å². The lowest BCUT2D eigenvalue weighted by atomic mass is 10.2. The molecule has 0 amide bonds. The summed E-state index contributed by atoms with van der Waals surface area (Å²) in [5.41, 5.74) is 1.71. The van der Waals surface area contributed by atoms with Crippen molar-refractivity contribution < 1.29 is 9.18 Å². The Kier molecular flexibility index (Phi) is 4.99. The number of thioether (sulfide) groups is 1. The van der Waals surface area contributed by atoms with E-state index in [1.807, 2.05) is 14.0 Å². The monoisotopic (exact) mass is 356 g/mol. The summed E-state index contributed by atoms with van der Waals surface area (Å²) in [4.78, 5) is 12.5. The third-order valence-corrected chi connectivity index (χ3v) is 4.99. The number of halogens is 2. The van der Waals surface area contributed by atoms with Gasteiger partial charge in [0, 0.05) is 11.9 Å². The molecule has 1 heterocycles. The minimum atomic E-state index is -0.289. The number of nitrogens with zero attached hydrogens (tertiary/aromatic N) is 2. The van der Waals surface area contributed by atoms with E-state index in [1.54, 1.807) is 22.9 Å². The Labute approximate surface area is 129 Å². The summed E-state index contributed by atoms with van der Waals surface area (Å²) >= 11 is 4.66. The summed E-state index contributed by atoms with van der Waals surface area (Å²) in [6.07, 6.45) is 0.291. The van der Waals surface area contributed by atoms with Gasteiger partial charge in [-0.05, 0) is 35.0 Å². The van der Waals surface area contributed by atoms with E-state index in [1.165, 1.54) is 17.8 Å². The van der Waals surface area contributed by atoms with Crippen molar-refractivity contribution in [1.82, 2.24) is 9.78 Å². The molecule has 0 saturated carbocycles. The molecule has 0 saturated heterocycles. The largest absolute Gasteiger partial charge is 0.298 e. The summed E-state index contributed by atoms with van der Waals surface area (Å²) in [5.74, 6) is 0.00207. The molecule has 0 radical (unpaired) electrons. The maximum Gasteiger partial charge on any atom is 0.149 e. The van der Waals surface area contributed by atoms with Crippen molar-refractivity contribution in [3.8, 4) is 0 Å². The first-order chi connectivity index (χ1) is 9.49. The third kappa shape index (κ3) is 3.49. The van der Waals surface area contributed by atoms with Gasteiger partial charge in [-0.2, -0.15) is 5.10 Å². The average molecular weight is 357 g/mol. The van der Waals surface area contributed by atoms with E-state index in [-0.39, 0.29) is 17.4 Å². The van der Waals surface area contributed by atoms with Gasteiger partial charge in [0.05, 0.1) is 28.0 Å². The molecule has 106 valence electrons. The minimum Gasteiger partial charge on any atom is -0.298 e. The Morgan fingerprint density at radius 2 is 2.15 bits per heavy atom. The van der Waals surface area contributed by atoms with Crippen LogP contribution in [0, 0.1) is 12.7 Å². The molecule has 20 heavy (non-hydrogen) atoms. The van der Waals surface area contributed by atoms with Crippen LogP contribution in [0.25, 0.3) is 0 Å². The van der Waals surface area contributed by atoms with Crippen molar-refractivity contribution in [2.75, 3.05) is 5.75 Å². The van der Waals surface area contributed by atoms with Crippen LogP contribution in [0.4, 0.5) is 4.39 Å². The van der Waals surface area contributed by atoms with Crippen molar-refractivity contribution in [1.29, 1.82) is 0 Å². The van der Waals surface area contributed by atoms with Gasteiger partial charge < -0.3 is 0 Å². The van der Waals surface area contributed by atoms with Crippen LogP contribution in [0.3, 0.4) is 0 Å². The number of aryl methyl sites for hydroxylation is 2. The van der Waals surface area contributed by atoms with Gasteiger partial charge in [-0.1, -0.05) is 12.1 Å². The van der Waals surface area contributed by atoms with Gasteiger partial charge in [-0.3, -0.25) is 9.48 Å². The molecule has 0 atom stereocenters. The van der Waals surface area contributed by atoms with Gasteiger partial charge in [0.2, 0.25) is 0 Å². The fraction of sp³-hybridized carbons (Fsp3) is 0.286. The highest BCUT2D eigenvalue weighted by Crippen LogP contribution is 2.24. The summed E-state index contributed by atoms with van der Waals surface area (Å²) in [7, 11) is 1.81. The molecule has 6 heteroatoms. The van der Waals surface area contributed by atoms with Crippen molar-refractivity contribution in [3.63, 3.8) is 0 Å². The summed E-state index contributed by atoms with van der Waals surface area (Å²) in [6, 6.07) is 6.47. The standard InChI is InChI=1S/C14H14BrFN2OS/c1-9-14(15)12(18(2)17-9)7-10(19)8-20-13-6-4-3-5-11(13)16/h3-6H,7-8H2,1-2H3. The van der Waals surface area contributed by atoms with Gasteiger partial charge in [0.1, 0.15) is 11.6 Å². The molecule has 0 spiro atoms. The highest BCUT2D eigenvalue weighted by Gasteiger charge is 2.15. The molecule has 0 bridgehead atoms. The fourth-order valence-electron chi connectivity index (χ4n) is 1.83. The smallest absolute Gasteiger partial charge is 0.149 e. The number of carbonyl (C=O) groups excluding carboxylic acids is 1. The molecule has 0 aliphatic heterocycles. The lowest BCUT2D eigenvalue weighted by molar-refractivity contribution is -0.116. The van der Waals surface area contributed by atoms with Crippen LogP contribution in [0.5, 0.6) is 0 Å². The Morgan fingerprint density at radius 3 is 2.75 bits per heavy atom. The highest BCUT2D eigenvalue weighted by molar-refractivity contribution is 9.10. The summed E-state index contributed by atoms with van der Waals surface area (Å²) in [6.45, 7) is 1.88. The van der Waals surface area contributed by atoms with Crippen LogP contribution in [0.1, 0.15) is 11.4 Å². The molecule has 2 rings (SSSR count). The molecular formula is C14H14BrFN2OS. The lowest BCUT2D eigenvalue weighted by Gasteiger charge is -2.04. The third-order valence-electron chi connectivity index (χ3n) is 2.85. The molecule has 3 nitrogen and oxygen atoms in total. The molecule has 2 aromatic rings. The minimum absolute atomic E-state index is 0.0435. The van der Waals surface area contributed by atoms with Crippen molar-refractivity contribution in [2.45, 2.75) is 18.2 Å². The van der Waals surface area contributed by atoms with Gasteiger partial charge in [-0.15, -0.1) is 11.8 Å². The maximum absolute atomic E-state index is 13.4. The van der Waals surface area contributed by atoms with E-state index in [0.29, 0.717) is 11.3 Å². The molecule has 0 unspecified atom stereocenters. The molecule has 1 aromatic heterocycles. The van der Waals surface area contributed by atoms with E-state index in [2.05, 4.69) is 21.0 Å². The van der Waals surface area contributed by atoms with E-state index in [9.17, 15) is 9.18 Å². The Balaban J connectivity index is 1.98. The number of ketones is 1. The van der Waals surface area contributed by atoms with E-state index in [0.717, 1.165) is 15.9 Å².